The van der Waals surface area contributed by atoms with Crippen molar-refractivity contribution < 1.29 is 23.1 Å². The van der Waals surface area contributed by atoms with Gasteiger partial charge in [0.25, 0.3) is 0 Å². The number of anilines is 1. The third-order valence-corrected chi connectivity index (χ3v) is 2.89. The molecule has 1 aromatic heterocycles. The highest BCUT2D eigenvalue weighted by atomic mass is 32.1. The second-order valence-electron chi connectivity index (χ2n) is 4.12. The topological polar surface area (TPSA) is 65.1 Å². The number of alkyl halides is 3. The van der Waals surface area contributed by atoms with E-state index < -0.39 is 17.8 Å². The summed E-state index contributed by atoms with van der Waals surface area (Å²) in [5.74, 6) is 0. The van der Waals surface area contributed by atoms with E-state index in [0.29, 0.717) is 10.3 Å². The molecule has 0 atom stereocenters. The number of nitrogens with one attached hydrogen (secondary N) is 2. The Morgan fingerprint density at radius 2 is 1.95 bits per heavy atom. The van der Waals surface area contributed by atoms with Crippen molar-refractivity contribution in [3.05, 3.63) is 46.6 Å². The molecule has 0 spiro atoms. The van der Waals surface area contributed by atoms with Gasteiger partial charge in [0.2, 0.25) is 0 Å². The summed E-state index contributed by atoms with van der Waals surface area (Å²) in [7, 11) is 0. The molecule has 2 aromatic rings. The van der Waals surface area contributed by atoms with E-state index in [1.807, 2.05) is 5.32 Å². The fourth-order valence-corrected chi connectivity index (χ4v) is 1.97. The van der Waals surface area contributed by atoms with Crippen LogP contribution in [-0.4, -0.2) is 16.2 Å². The van der Waals surface area contributed by atoms with Crippen LogP contribution in [0.2, 0.25) is 0 Å². The van der Waals surface area contributed by atoms with E-state index in [-0.39, 0.29) is 11.3 Å². The van der Waals surface area contributed by atoms with Crippen LogP contribution in [0.5, 0.6) is 0 Å². The molecule has 0 aliphatic rings. The van der Waals surface area contributed by atoms with Crippen molar-refractivity contribution in [3.8, 4) is 11.3 Å². The minimum atomic E-state index is -4.56. The number of rotatable bonds is 2. The van der Waals surface area contributed by atoms with Crippen LogP contribution in [0.1, 0.15) is 5.56 Å². The van der Waals surface area contributed by atoms with Gasteiger partial charge in [-0.1, -0.05) is 24.4 Å². The van der Waals surface area contributed by atoms with E-state index in [1.54, 1.807) is 18.2 Å². The molecule has 110 valence electrons. The quantitative estimate of drug-likeness (QED) is 0.714. The Labute approximate surface area is 122 Å². The lowest BCUT2D eigenvalue weighted by molar-refractivity contribution is -0.137. The molecule has 1 aromatic carbocycles. The molecular weight excluding hydrogens is 305 g/mol. The Bertz CT molecular complexity index is 741. The van der Waals surface area contributed by atoms with E-state index >= 15 is 0 Å². The van der Waals surface area contributed by atoms with Crippen molar-refractivity contribution in [3.63, 3.8) is 0 Å². The van der Waals surface area contributed by atoms with Crippen LogP contribution in [0.15, 0.2) is 36.4 Å². The molecule has 0 bridgehead atoms. The Balaban J connectivity index is 2.60. The van der Waals surface area contributed by atoms with Crippen molar-refractivity contribution in [2.75, 3.05) is 5.32 Å². The smallest absolute Gasteiger partial charge is 0.416 e. The second-order valence-corrected chi connectivity index (χ2v) is 4.56. The summed E-state index contributed by atoms with van der Waals surface area (Å²) in [5, 5.41) is 10.7. The monoisotopic (exact) mass is 314 g/mol. The molecule has 3 N–H and O–H groups in total. The van der Waals surface area contributed by atoms with Gasteiger partial charge >= 0.3 is 12.3 Å². The Morgan fingerprint density at radius 1 is 1.24 bits per heavy atom. The Kier molecular flexibility index (Phi) is 3.99. The lowest BCUT2D eigenvalue weighted by Gasteiger charge is -2.13. The first kappa shape index (κ1) is 15.0. The van der Waals surface area contributed by atoms with E-state index in [1.165, 1.54) is 6.07 Å². The van der Waals surface area contributed by atoms with Crippen molar-refractivity contribution in [1.82, 2.24) is 4.98 Å². The zero-order chi connectivity index (χ0) is 15.6. The van der Waals surface area contributed by atoms with E-state index in [4.69, 9.17) is 17.3 Å². The molecule has 1 amide bonds. The van der Waals surface area contributed by atoms with Crippen LogP contribution in [0, 0.1) is 4.64 Å². The second kappa shape index (κ2) is 5.57. The summed E-state index contributed by atoms with van der Waals surface area (Å²) in [5.41, 5.74) is -0.421. The molecule has 0 saturated carbocycles. The van der Waals surface area contributed by atoms with Gasteiger partial charge in [0.1, 0.15) is 4.64 Å². The minimum absolute atomic E-state index is 0.172. The Hall–Kier alpha value is -2.35. The van der Waals surface area contributed by atoms with Gasteiger partial charge in [0, 0.05) is 11.3 Å². The molecule has 0 aliphatic heterocycles. The van der Waals surface area contributed by atoms with Gasteiger partial charge in [0.15, 0.2) is 0 Å². The van der Waals surface area contributed by atoms with E-state index in [0.717, 1.165) is 12.1 Å². The van der Waals surface area contributed by atoms with E-state index in [9.17, 15) is 18.0 Å². The number of pyridine rings is 1. The number of carboxylic acid groups (broad SMARTS) is 1. The fraction of sp³-hybridized carbons (Fsp3) is 0.0769. The van der Waals surface area contributed by atoms with Crippen LogP contribution in [0.3, 0.4) is 0 Å². The lowest BCUT2D eigenvalue weighted by atomic mass is 10.1. The van der Waals surface area contributed by atoms with Crippen molar-refractivity contribution >= 4 is 24.0 Å². The van der Waals surface area contributed by atoms with E-state index in [2.05, 4.69) is 4.98 Å². The normalized spacial score (nSPS) is 11.2. The molecule has 0 saturated heterocycles. The number of benzene rings is 1. The van der Waals surface area contributed by atoms with Crippen molar-refractivity contribution in [2.24, 2.45) is 0 Å². The maximum Gasteiger partial charge on any atom is 0.416 e. The average Bonchev–Trinajstić information content (AvgIpc) is 2.36. The summed E-state index contributed by atoms with van der Waals surface area (Å²) >= 11 is 4.94. The van der Waals surface area contributed by atoms with Crippen LogP contribution in [0.25, 0.3) is 11.3 Å². The fourth-order valence-electron chi connectivity index (χ4n) is 1.78. The summed E-state index contributed by atoms with van der Waals surface area (Å²) in [4.78, 5) is 13.6. The Morgan fingerprint density at radius 3 is 2.52 bits per heavy atom. The van der Waals surface area contributed by atoms with Crippen molar-refractivity contribution in [2.45, 2.75) is 6.18 Å². The van der Waals surface area contributed by atoms with Gasteiger partial charge in [-0.2, -0.15) is 13.2 Å². The van der Waals surface area contributed by atoms with Gasteiger partial charge in [-0.15, -0.1) is 0 Å². The summed E-state index contributed by atoms with van der Waals surface area (Å²) in [6.07, 6.45) is -6.01. The third-order valence-electron chi connectivity index (χ3n) is 2.65. The minimum Gasteiger partial charge on any atom is -0.465 e. The molecule has 0 fully saturated rings. The summed E-state index contributed by atoms with van der Waals surface area (Å²) in [6.45, 7) is 0. The lowest BCUT2D eigenvalue weighted by Crippen LogP contribution is -2.11. The maximum atomic E-state index is 12.7. The first-order valence-electron chi connectivity index (χ1n) is 5.68. The van der Waals surface area contributed by atoms with Gasteiger partial charge in [-0.25, -0.2) is 4.79 Å². The highest BCUT2D eigenvalue weighted by molar-refractivity contribution is 7.71. The van der Waals surface area contributed by atoms with Crippen LogP contribution in [0.4, 0.5) is 23.7 Å². The number of amides is 1. The number of halogens is 3. The standard InChI is InChI=1S/C13H9F3N2O2S/c14-13(15,16)7-4-5-8(10(6-7)18-12(19)20)9-2-1-3-11(21)17-9/h1-6,18H,(H,17,21)(H,19,20). The first-order valence-corrected chi connectivity index (χ1v) is 6.09. The molecule has 0 unspecified atom stereocenters. The summed E-state index contributed by atoms with van der Waals surface area (Å²) in [6, 6.07) is 7.63. The predicted molar refractivity (Wildman–Crippen MR) is 73.7 cm³/mol. The zero-order valence-corrected chi connectivity index (χ0v) is 11.2. The van der Waals surface area contributed by atoms with Gasteiger partial charge in [-0.3, -0.25) is 5.32 Å². The van der Waals surface area contributed by atoms with Crippen LogP contribution >= 0.6 is 12.2 Å². The third kappa shape index (κ3) is 3.60. The largest absolute Gasteiger partial charge is 0.465 e. The molecule has 4 nitrogen and oxygen atoms in total. The molecule has 2 rings (SSSR count). The SMILES string of the molecule is O=C(O)Nc1cc(C(F)(F)F)ccc1-c1cccc(=S)[nH]1. The number of aromatic nitrogens is 1. The molecule has 21 heavy (non-hydrogen) atoms. The van der Waals surface area contributed by atoms with Gasteiger partial charge in [-0.05, 0) is 24.3 Å². The number of aromatic amines is 1. The molecule has 0 radical (unpaired) electrons. The predicted octanol–water partition coefficient (Wildman–Crippen LogP) is 4.52. The van der Waals surface area contributed by atoms with Crippen molar-refractivity contribution in [1.29, 1.82) is 0 Å². The first-order chi connectivity index (χ1) is 9.77. The van der Waals surface area contributed by atoms with Gasteiger partial charge in [0.05, 0.1) is 11.3 Å². The van der Waals surface area contributed by atoms with Crippen LogP contribution < -0.4 is 5.32 Å². The maximum absolute atomic E-state index is 12.7. The highest BCUT2D eigenvalue weighted by Crippen LogP contribution is 2.35. The number of hydrogen-bond donors (Lipinski definition) is 3. The van der Waals surface area contributed by atoms with Gasteiger partial charge < -0.3 is 10.1 Å². The molecule has 8 heteroatoms. The molecular formula is C13H9F3N2O2S. The number of H-pyrrole nitrogens is 1. The van der Waals surface area contributed by atoms with Crippen LogP contribution in [-0.2, 0) is 6.18 Å². The number of carbonyl (C=O) groups is 1. The molecule has 0 aliphatic carbocycles. The summed E-state index contributed by atoms with van der Waals surface area (Å²) < 4.78 is 38.5. The average molecular weight is 314 g/mol. The number of hydrogen-bond acceptors (Lipinski definition) is 2. The zero-order valence-electron chi connectivity index (χ0n) is 10.4. The highest BCUT2D eigenvalue weighted by Gasteiger charge is 2.31. The molecule has 1 heterocycles.